The molecule has 0 amide bonds. The maximum Gasteiger partial charge on any atom is 0.472 e. The van der Waals surface area contributed by atoms with Crippen molar-refractivity contribution < 1.29 is 80.2 Å². The lowest BCUT2D eigenvalue weighted by atomic mass is 9.99. The molecule has 0 aliphatic heterocycles. The van der Waals surface area contributed by atoms with Gasteiger partial charge in [-0.2, -0.15) is 0 Å². The van der Waals surface area contributed by atoms with E-state index in [2.05, 4.69) is 34.6 Å². The first-order valence-corrected chi connectivity index (χ1v) is 40.2. The summed E-state index contributed by atoms with van der Waals surface area (Å²) in [7, 11) is -9.90. The molecule has 3 unspecified atom stereocenters. The Hall–Kier alpha value is -1.94. The highest BCUT2D eigenvalue weighted by atomic mass is 31.2. The quantitative estimate of drug-likeness (QED) is 0.0222. The number of hydrogen-bond donors (Lipinski definition) is 3. The summed E-state index contributed by atoms with van der Waals surface area (Å²) in [6, 6.07) is 0. The molecule has 0 aromatic carbocycles. The lowest BCUT2D eigenvalue weighted by Gasteiger charge is -2.21. The molecule has 0 saturated carbocycles. The molecule has 0 aromatic heterocycles. The van der Waals surface area contributed by atoms with Gasteiger partial charge in [-0.25, -0.2) is 9.13 Å². The molecule has 0 rings (SSSR count). The molecular weight excluding hydrogens is 1190 g/mol. The maximum absolute atomic E-state index is 13.0. The topological polar surface area (TPSA) is 237 Å². The van der Waals surface area contributed by atoms with Gasteiger partial charge in [-0.3, -0.25) is 37.3 Å². The van der Waals surface area contributed by atoms with Gasteiger partial charge in [0.25, 0.3) is 0 Å². The Morgan fingerprint density at radius 1 is 0.311 bits per heavy atom. The van der Waals surface area contributed by atoms with Crippen molar-refractivity contribution >= 4 is 39.5 Å². The number of carbonyl (C=O) groups is 4. The number of hydrogen-bond acceptors (Lipinski definition) is 15. The van der Waals surface area contributed by atoms with E-state index in [0.29, 0.717) is 25.7 Å². The number of aliphatic hydroxyl groups excluding tert-OH is 1. The van der Waals surface area contributed by atoms with Crippen LogP contribution >= 0.6 is 15.6 Å². The van der Waals surface area contributed by atoms with Crippen LogP contribution in [0.5, 0.6) is 0 Å². The number of phosphoric ester groups is 2. The summed E-state index contributed by atoms with van der Waals surface area (Å²) < 4.78 is 68.3. The highest BCUT2D eigenvalue weighted by Gasteiger charge is 2.30. The predicted molar refractivity (Wildman–Crippen MR) is 363 cm³/mol. The molecule has 0 aromatic rings. The number of esters is 4. The van der Waals surface area contributed by atoms with E-state index < -0.39 is 97.5 Å². The Bertz CT molecular complexity index is 1740. The molecule has 90 heavy (non-hydrogen) atoms. The lowest BCUT2D eigenvalue weighted by Crippen LogP contribution is -2.30. The molecule has 19 heteroatoms. The number of carbonyl (C=O) groups excluding carboxylic acids is 4. The zero-order chi connectivity index (χ0) is 66.3. The molecule has 534 valence electrons. The second kappa shape index (κ2) is 64.4. The van der Waals surface area contributed by atoms with Crippen LogP contribution in [0.25, 0.3) is 0 Å². The summed E-state index contributed by atoms with van der Waals surface area (Å²) in [6.07, 6.45) is 51.3. The van der Waals surface area contributed by atoms with E-state index in [1.54, 1.807) is 0 Å². The van der Waals surface area contributed by atoms with E-state index in [-0.39, 0.29) is 25.7 Å². The number of aliphatic hydroxyl groups is 1. The predicted octanol–water partition coefficient (Wildman–Crippen LogP) is 20.5. The molecule has 3 N–H and O–H groups in total. The summed E-state index contributed by atoms with van der Waals surface area (Å²) >= 11 is 0. The Morgan fingerprint density at radius 2 is 0.533 bits per heavy atom. The summed E-state index contributed by atoms with van der Waals surface area (Å²) in [5.74, 6) is -1.35. The van der Waals surface area contributed by atoms with Crippen LogP contribution in [0.3, 0.4) is 0 Å². The highest BCUT2D eigenvalue weighted by Crippen LogP contribution is 2.45. The van der Waals surface area contributed by atoms with Crippen LogP contribution in [0.2, 0.25) is 0 Å². The third kappa shape index (κ3) is 63.5. The van der Waals surface area contributed by atoms with E-state index in [0.717, 1.165) is 102 Å². The molecule has 0 fully saturated rings. The van der Waals surface area contributed by atoms with E-state index >= 15 is 0 Å². The Labute approximate surface area is 549 Å². The zero-order valence-electron chi connectivity index (χ0n) is 58.3. The van der Waals surface area contributed by atoms with Crippen LogP contribution in [0.4, 0.5) is 0 Å². The van der Waals surface area contributed by atoms with Gasteiger partial charge >= 0.3 is 39.5 Å². The first kappa shape index (κ1) is 88.1. The summed E-state index contributed by atoms with van der Waals surface area (Å²) in [5.41, 5.74) is 0. The van der Waals surface area contributed by atoms with Gasteiger partial charge in [-0.15, -0.1) is 0 Å². The zero-order valence-corrected chi connectivity index (χ0v) is 60.1. The van der Waals surface area contributed by atoms with E-state index in [4.69, 9.17) is 37.0 Å². The molecule has 0 saturated heterocycles. The fraction of sp³-hybridized carbons (Fsp3) is 0.944. The fourth-order valence-corrected chi connectivity index (χ4v) is 12.4. The minimum absolute atomic E-state index is 0.105. The standard InChI is InChI=1S/C71H138O17P2/c1-6-10-13-16-19-22-24-26-27-28-29-31-33-35-41-46-51-56-70(75)87-67(61-82-69(74)55-50-45-40-34-32-30-25-23-20-17-14-11-7-2)63-86-90(79,80)84-59-65(72)58-83-89(77,78)85-62-66(60-81-68(73)54-49-44-39-21-18-15-12-8-3)88-71(76)57-52-47-42-37-36-38-43-48-53-64(5)9-4/h64-67,72H,6-63H2,1-5H3,(H,77,78)(H,79,80)/t64?,65-,66+,67+/m0/s1. The number of phosphoric acid groups is 2. The van der Waals surface area contributed by atoms with E-state index in [9.17, 15) is 43.2 Å². The van der Waals surface area contributed by atoms with Crippen molar-refractivity contribution in [3.8, 4) is 0 Å². The molecular formula is C71H138O17P2. The fourth-order valence-electron chi connectivity index (χ4n) is 10.8. The van der Waals surface area contributed by atoms with Gasteiger partial charge < -0.3 is 33.8 Å². The largest absolute Gasteiger partial charge is 0.472 e. The van der Waals surface area contributed by atoms with Crippen molar-refractivity contribution in [3.63, 3.8) is 0 Å². The van der Waals surface area contributed by atoms with Crippen LogP contribution in [-0.4, -0.2) is 96.7 Å². The van der Waals surface area contributed by atoms with E-state index in [1.165, 1.54) is 186 Å². The van der Waals surface area contributed by atoms with Crippen molar-refractivity contribution in [3.05, 3.63) is 0 Å². The molecule has 17 nitrogen and oxygen atoms in total. The lowest BCUT2D eigenvalue weighted by molar-refractivity contribution is -0.161. The van der Waals surface area contributed by atoms with Gasteiger partial charge in [-0.1, -0.05) is 317 Å². The normalized spacial score (nSPS) is 14.4. The molecule has 0 heterocycles. The summed E-state index contributed by atoms with van der Waals surface area (Å²) in [5, 5.41) is 10.6. The SMILES string of the molecule is CCCCCCCCCCCCCCCCCCCC(=O)O[C@H](COC(=O)CCCCCCCCCCCCCCC)COP(=O)(O)OC[C@@H](O)COP(=O)(O)OC[C@@H](COC(=O)CCCCCCCCCC)OC(=O)CCCCCCCCCCC(C)CC. The smallest absolute Gasteiger partial charge is 0.462 e. The monoisotopic (exact) mass is 1320 g/mol. The number of unbranched alkanes of at least 4 members (excludes halogenated alkanes) is 42. The van der Waals surface area contributed by atoms with Crippen LogP contribution < -0.4 is 0 Å². The molecule has 0 aliphatic rings. The van der Waals surface area contributed by atoms with Crippen LogP contribution in [0.15, 0.2) is 0 Å². The van der Waals surface area contributed by atoms with Gasteiger partial charge in [0.15, 0.2) is 12.2 Å². The summed E-state index contributed by atoms with van der Waals surface area (Å²) in [4.78, 5) is 72.5. The maximum atomic E-state index is 13.0. The van der Waals surface area contributed by atoms with E-state index in [1.807, 2.05) is 0 Å². The second-order valence-electron chi connectivity index (χ2n) is 25.9. The number of rotatable bonds is 71. The average molecular weight is 1330 g/mol. The Kier molecular flexibility index (Phi) is 63.0. The van der Waals surface area contributed by atoms with Gasteiger partial charge in [0.2, 0.25) is 0 Å². The van der Waals surface area contributed by atoms with Crippen molar-refractivity contribution in [2.45, 2.75) is 387 Å². The molecule has 0 radical (unpaired) electrons. The van der Waals surface area contributed by atoms with Crippen molar-refractivity contribution in [1.29, 1.82) is 0 Å². The molecule has 0 aliphatic carbocycles. The van der Waals surface area contributed by atoms with Crippen molar-refractivity contribution in [2.24, 2.45) is 5.92 Å². The Morgan fingerprint density at radius 3 is 0.789 bits per heavy atom. The highest BCUT2D eigenvalue weighted by molar-refractivity contribution is 7.47. The third-order valence-electron chi connectivity index (χ3n) is 16.9. The third-order valence-corrected chi connectivity index (χ3v) is 18.8. The minimum Gasteiger partial charge on any atom is -0.462 e. The first-order valence-electron chi connectivity index (χ1n) is 37.2. The second-order valence-corrected chi connectivity index (χ2v) is 28.8. The van der Waals surface area contributed by atoms with Crippen LogP contribution in [-0.2, 0) is 65.4 Å². The van der Waals surface area contributed by atoms with Gasteiger partial charge in [-0.05, 0) is 31.6 Å². The van der Waals surface area contributed by atoms with Crippen molar-refractivity contribution in [2.75, 3.05) is 39.6 Å². The molecule has 0 bridgehead atoms. The molecule has 6 atom stereocenters. The van der Waals surface area contributed by atoms with Crippen LogP contribution in [0.1, 0.15) is 369 Å². The average Bonchev–Trinajstić information content (AvgIpc) is 3.67. The van der Waals surface area contributed by atoms with Crippen LogP contribution in [0, 0.1) is 5.92 Å². The van der Waals surface area contributed by atoms with Gasteiger partial charge in [0.05, 0.1) is 26.4 Å². The minimum atomic E-state index is -4.95. The van der Waals surface area contributed by atoms with Crippen molar-refractivity contribution in [1.82, 2.24) is 0 Å². The van der Waals surface area contributed by atoms with Gasteiger partial charge in [0.1, 0.15) is 19.3 Å². The molecule has 0 spiro atoms. The number of ether oxygens (including phenoxy) is 4. The summed E-state index contributed by atoms with van der Waals surface area (Å²) in [6.45, 7) is 7.23. The van der Waals surface area contributed by atoms with Gasteiger partial charge in [0, 0.05) is 25.7 Å². The Balaban J connectivity index is 5.22. The first-order chi connectivity index (χ1) is 43.6.